The third-order valence-corrected chi connectivity index (χ3v) is 1.68. The fourth-order valence-corrected chi connectivity index (χ4v) is 1.03. The summed E-state index contributed by atoms with van der Waals surface area (Å²) in [5.41, 5.74) is 4.79. The maximum atomic E-state index is 11.3. The van der Waals surface area contributed by atoms with Crippen molar-refractivity contribution in [1.82, 2.24) is 5.32 Å². The number of esters is 1. The van der Waals surface area contributed by atoms with Crippen LogP contribution in [-0.4, -0.2) is 30.6 Å². The van der Waals surface area contributed by atoms with Crippen LogP contribution in [0.25, 0.3) is 0 Å². The van der Waals surface area contributed by atoms with Crippen LogP contribution in [0.3, 0.4) is 0 Å². The molecule has 0 aromatic heterocycles. The summed E-state index contributed by atoms with van der Waals surface area (Å²) in [4.78, 5) is 22.5. The van der Waals surface area contributed by atoms with Crippen molar-refractivity contribution < 1.29 is 14.3 Å². The summed E-state index contributed by atoms with van der Waals surface area (Å²) in [6.45, 7) is 6.50. The summed E-state index contributed by atoms with van der Waals surface area (Å²) in [7, 11) is 0. The van der Waals surface area contributed by atoms with Crippen molar-refractivity contribution in [1.29, 1.82) is 0 Å². The van der Waals surface area contributed by atoms with Crippen molar-refractivity contribution in [3.05, 3.63) is 0 Å². The number of ether oxygens (including phenoxy) is 1. The molecule has 0 saturated heterocycles. The maximum absolute atomic E-state index is 11.3. The molecule has 0 aromatic rings. The lowest BCUT2D eigenvalue weighted by atomic mass is 10.2. The van der Waals surface area contributed by atoms with Gasteiger partial charge in [-0.25, -0.2) is 0 Å². The van der Waals surface area contributed by atoms with Crippen molar-refractivity contribution in [2.24, 2.45) is 5.73 Å². The molecule has 5 nitrogen and oxygen atoms in total. The summed E-state index contributed by atoms with van der Waals surface area (Å²) < 4.78 is 5.07. The molecule has 0 aliphatic heterocycles. The van der Waals surface area contributed by atoms with E-state index in [0.717, 1.165) is 6.42 Å². The van der Waals surface area contributed by atoms with Crippen molar-refractivity contribution in [3.63, 3.8) is 0 Å². The highest BCUT2D eigenvalue weighted by Crippen LogP contribution is 2.08. The minimum absolute atomic E-state index is 0.117. The van der Waals surface area contributed by atoms with Gasteiger partial charge in [0, 0.05) is 13.0 Å². The number of carbonyl (C=O) groups excluding carboxylic acids is 2. The van der Waals surface area contributed by atoms with Gasteiger partial charge in [0.1, 0.15) is 5.60 Å². The summed E-state index contributed by atoms with van der Waals surface area (Å²) in [6.07, 6.45) is 1.03. The number of hydrogen-bond acceptors (Lipinski definition) is 4. The lowest BCUT2D eigenvalue weighted by Gasteiger charge is -2.19. The van der Waals surface area contributed by atoms with Crippen LogP contribution in [-0.2, 0) is 14.3 Å². The summed E-state index contributed by atoms with van der Waals surface area (Å²) in [6, 6.07) is 0. The van der Waals surface area contributed by atoms with Gasteiger partial charge in [-0.15, -0.1) is 0 Å². The van der Waals surface area contributed by atoms with E-state index in [1.165, 1.54) is 0 Å². The van der Waals surface area contributed by atoms with Crippen molar-refractivity contribution in [2.45, 2.75) is 45.6 Å². The molecule has 0 radical (unpaired) electrons. The van der Waals surface area contributed by atoms with E-state index >= 15 is 0 Å². The Kier molecular flexibility index (Phi) is 6.72. The van der Waals surface area contributed by atoms with E-state index < -0.39 is 5.60 Å². The Bertz CT molecular complexity index is 234. The lowest BCUT2D eigenvalue weighted by Crippen LogP contribution is -2.28. The second-order valence-corrected chi connectivity index (χ2v) is 4.58. The Morgan fingerprint density at radius 3 is 2.38 bits per heavy atom. The number of rotatable bonds is 6. The third-order valence-electron chi connectivity index (χ3n) is 1.68. The predicted octanol–water partition coefficient (Wildman–Crippen LogP) is 0.573. The zero-order chi connectivity index (χ0) is 12.6. The molecule has 0 saturated carbocycles. The molecular weight excluding hydrogens is 208 g/mol. The highest BCUT2D eigenvalue weighted by atomic mass is 16.6. The summed E-state index contributed by atoms with van der Waals surface area (Å²) >= 11 is 0. The van der Waals surface area contributed by atoms with E-state index in [1.807, 2.05) is 0 Å². The standard InChI is InChI=1S/C11H22N2O3/c1-11(2,3)16-10(15)6-5-9(14)13-8-4-7-12/h4-8,12H2,1-3H3,(H,13,14). The fraction of sp³-hybridized carbons (Fsp3) is 0.818. The van der Waals surface area contributed by atoms with Gasteiger partial charge in [-0.1, -0.05) is 0 Å². The molecule has 3 N–H and O–H groups in total. The van der Waals surface area contributed by atoms with Crippen LogP contribution in [0.15, 0.2) is 0 Å². The summed E-state index contributed by atoms with van der Waals surface area (Å²) in [5.74, 6) is -0.485. The minimum Gasteiger partial charge on any atom is -0.460 e. The average molecular weight is 230 g/mol. The zero-order valence-corrected chi connectivity index (χ0v) is 10.3. The van der Waals surface area contributed by atoms with Crippen molar-refractivity contribution >= 4 is 11.9 Å². The molecule has 0 aliphatic carbocycles. The van der Waals surface area contributed by atoms with Crippen LogP contribution in [0.1, 0.15) is 40.0 Å². The number of hydrogen-bond donors (Lipinski definition) is 2. The van der Waals surface area contributed by atoms with Gasteiger partial charge in [0.2, 0.25) is 5.91 Å². The van der Waals surface area contributed by atoms with E-state index in [4.69, 9.17) is 10.5 Å². The zero-order valence-electron chi connectivity index (χ0n) is 10.3. The van der Waals surface area contributed by atoms with Crippen LogP contribution in [0.5, 0.6) is 0 Å². The number of nitrogens with one attached hydrogen (secondary N) is 1. The first-order valence-corrected chi connectivity index (χ1v) is 5.54. The molecular formula is C11H22N2O3. The second-order valence-electron chi connectivity index (χ2n) is 4.58. The van der Waals surface area contributed by atoms with Crippen LogP contribution in [0.4, 0.5) is 0 Å². The number of carbonyl (C=O) groups is 2. The van der Waals surface area contributed by atoms with Crippen LogP contribution >= 0.6 is 0 Å². The minimum atomic E-state index is -0.493. The Balaban J connectivity index is 3.63. The Morgan fingerprint density at radius 1 is 1.25 bits per heavy atom. The molecule has 16 heavy (non-hydrogen) atoms. The molecule has 0 spiro atoms. The highest BCUT2D eigenvalue weighted by molar-refractivity contribution is 5.81. The molecule has 0 fully saturated rings. The molecule has 0 atom stereocenters. The molecule has 94 valence electrons. The largest absolute Gasteiger partial charge is 0.460 e. The number of nitrogens with two attached hydrogens (primary N) is 1. The van der Waals surface area contributed by atoms with Gasteiger partial charge in [-0.05, 0) is 33.7 Å². The van der Waals surface area contributed by atoms with Gasteiger partial charge >= 0.3 is 5.97 Å². The van der Waals surface area contributed by atoms with Gasteiger partial charge in [0.25, 0.3) is 0 Å². The first kappa shape index (κ1) is 14.9. The molecule has 0 unspecified atom stereocenters. The molecule has 0 bridgehead atoms. The van der Waals surface area contributed by atoms with E-state index in [-0.39, 0.29) is 24.7 Å². The van der Waals surface area contributed by atoms with E-state index in [1.54, 1.807) is 20.8 Å². The molecule has 0 rings (SSSR count). The van der Waals surface area contributed by atoms with Gasteiger partial charge in [0.15, 0.2) is 0 Å². The van der Waals surface area contributed by atoms with Crippen LogP contribution in [0.2, 0.25) is 0 Å². The molecule has 0 heterocycles. The molecule has 0 aromatic carbocycles. The predicted molar refractivity (Wildman–Crippen MR) is 61.8 cm³/mol. The highest BCUT2D eigenvalue weighted by Gasteiger charge is 2.16. The molecule has 1 amide bonds. The van der Waals surface area contributed by atoms with Crippen molar-refractivity contribution in [3.8, 4) is 0 Å². The fourth-order valence-electron chi connectivity index (χ4n) is 1.03. The van der Waals surface area contributed by atoms with E-state index in [2.05, 4.69) is 5.32 Å². The topological polar surface area (TPSA) is 81.4 Å². The third kappa shape index (κ3) is 9.45. The van der Waals surface area contributed by atoms with Gasteiger partial charge in [0.05, 0.1) is 6.42 Å². The van der Waals surface area contributed by atoms with Gasteiger partial charge in [-0.3, -0.25) is 9.59 Å². The van der Waals surface area contributed by atoms with E-state index in [0.29, 0.717) is 13.1 Å². The van der Waals surface area contributed by atoms with Gasteiger partial charge < -0.3 is 15.8 Å². The van der Waals surface area contributed by atoms with Crippen molar-refractivity contribution in [2.75, 3.05) is 13.1 Å². The number of amides is 1. The Labute approximate surface area is 96.7 Å². The van der Waals surface area contributed by atoms with Crippen LogP contribution < -0.4 is 11.1 Å². The Morgan fingerprint density at radius 2 is 1.88 bits per heavy atom. The molecule has 0 aliphatic rings. The smallest absolute Gasteiger partial charge is 0.306 e. The monoisotopic (exact) mass is 230 g/mol. The second kappa shape index (κ2) is 7.22. The maximum Gasteiger partial charge on any atom is 0.306 e. The average Bonchev–Trinajstić information content (AvgIpc) is 2.12. The lowest BCUT2D eigenvalue weighted by molar-refractivity contribution is -0.155. The molecule has 5 heteroatoms. The first-order valence-electron chi connectivity index (χ1n) is 5.54. The summed E-state index contributed by atoms with van der Waals surface area (Å²) in [5, 5.41) is 2.68. The SMILES string of the molecule is CC(C)(C)OC(=O)CCC(=O)NCCCN. The van der Waals surface area contributed by atoms with Gasteiger partial charge in [-0.2, -0.15) is 0 Å². The normalized spacial score (nSPS) is 11.0. The first-order chi connectivity index (χ1) is 7.35. The Hall–Kier alpha value is -1.10. The van der Waals surface area contributed by atoms with Crippen LogP contribution in [0, 0.1) is 0 Å². The van der Waals surface area contributed by atoms with E-state index in [9.17, 15) is 9.59 Å². The quantitative estimate of drug-likeness (QED) is 0.516.